The lowest BCUT2D eigenvalue weighted by molar-refractivity contribution is -0.385. The molecule has 8 heteroatoms. The van der Waals surface area contributed by atoms with Crippen LogP contribution in [0.4, 0.5) is 17.2 Å². The highest BCUT2D eigenvalue weighted by molar-refractivity contribution is 6.04. The summed E-state index contributed by atoms with van der Waals surface area (Å²) in [7, 11) is 0. The molecule has 31 heavy (non-hydrogen) atoms. The van der Waals surface area contributed by atoms with Crippen molar-refractivity contribution in [3.05, 3.63) is 75.8 Å². The lowest BCUT2D eigenvalue weighted by atomic mass is 10.1. The zero-order valence-corrected chi connectivity index (χ0v) is 17.2. The van der Waals surface area contributed by atoms with E-state index >= 15 is 0 Å². The van der Waals surface area contributed by atoms with Crippen LogP contribution in [0.2, 0.25) is 0 Å². The molecule has 1 fully saturated rings. The zero-order chi connectivity index (χ0) is 21.8. The number of nitro groups is 1. The van der Waals surface area contributed by atoms with Crippen LogP contribution in [0, 0.1) is 17.0 Å². The third kappa shape index (κ3) is 4.69. The lowest BCUT2D eigenvalue weighted by Gasteiger charge is -2.27. The number of benzene rings is 2. The molecule has 0 saturated carbocycles. The molecule has 0 aliphatic carbocycles. The maximum absolute atomic E-state index is 12.6. The van der Waals surface area contributed by atoms with E-state index in [4.69, 9.17) is 0 Å². The van der Waals surface area contributed by atoms with Crippen LogP contribution >= 0.6 is 0 Å². The van der Waals surface area contributed by atoms with Crippen molar-refractivity contribution in [2.75, 3.05) is 23.3 Å². The number of amides is 1. The number of carbonyl (C=O) groups is 1. The minimum atomic E-state index is -0.460. The van der Waals surface area contributed by atoms with Gasteiger partial charge in [-0.1, -0.05) is 12.1 Å². The van der Waals surface area contributed by atoms with Crippen molar-refractivity contribution in [3.8, 4) is 11.3 Å². The molecule has 1 aliphatic heterocycles. The SMILES string of the molecule is Cc1cc(C(=O)Nc2cccc(-c3ccc(N4CCCCC4)nn3)c2)ccc1[N+](=O)[O-]. The number of nitro benzene ring substituents is 1. The van der Waals surface area contributed by atoms with Gasteiger partial charge < -0.3 is 10.2 Å². The minimum Gasteiger partial charge on any atom is -0.355 e. The van der Waals surface area contributed by atoms with E-state index in [-0.39, 0.29) is 11.6 Å². The predicted molar refractivity (Wildman–Crippen MR) is 119 cm³/mol. The summed E-state index contributed by atoms with van der Waals surface area (Å²) in [5.74, 6) is 0.558. The van der Waals surface area contributed by atoms with Gasteiger partial charge in [0.15, 0.2) is 5.82 Å². The lowest BCUT2D eigenvalue weighted by Crippen LogP contribution is -2.30. The fourth-order valence-corrected chi connectivity index (χ4v) is 3.73. The van der Waals surface area contributed by atoms with Crippen molar-refractivity contribution in [3.63, 3.8) is 0 Å². The number of aromatic nitrogens is 2. The van der Waals surface area contributed by atoms with Crippen LogP contribution in [-0.4, -0.2) is 34.1 Å². The second-order valence-corrected chi connectivity index (χ2v) is 7.62. The fraction of sp³-hybridized carbons (Fsp3) is 0.261. The number of nitrogens with zero attached hydrogens (tertiary/aromatic N) is 4. The highest BCUT2D eigenvalue weighted by Gasteiger charge is 2.15. The van der Waals surface area contributed by atoms with Crippen LogP contribution in [0.15, 0.2) is 54.6 Å². The molecule has 4 rings (SSSR count). The average molecular weight is 417 g/mol. The molecule has 0 unspecified atom stereocenters. The first-order chi connectivity index (χ1) is 15.0. The first-order valence-corrected chi connectivity index (χ1v) is 10.3. The van der Waals surface area contributed by atoms with Gasteiger partial charge in [0.1, 0.15) is 0 Å². The van der Waals surface area contributed by atoms with Gasteiger partial charge >= 0.3 is 0 Å². The second kappa shape index (κ2) is 8.91. The van der Waals surface area contributed by atoms with E-state index in [0.717, 1.165) is 30.2 Å². The third-order valence-corrected chi connectivity index (χ3v) is 5.40. The average Bonchev–Trinajstić information content (AvgIpc) is 2.79. The quantitative estimate of drug-likeness (QED) is 0.481. The molecule has 3 aromatic rings. The van der Waals surface area contributed by atoms with E-state index < -0.39 is 4.92 Å². The number of anilines is 2. The molecule has 1 aliphatic rings. The van der Waals surface area contributed by atoms with Gasteiger partial charge in [-0.3, -0.25) is 14.9 Å². The van der Waals surface area contributed by atoms with E-state index in [9.17, 15) is 14.9 Å². The van der Waals surface area contributed by atoms with Crippen LogP contribution in [0.5, 0.6) is 0 Å². The highest BCUT2D eigenvalue weighted by Crippen LogP contribution is 2.24. The molecule has 1 saturated heterocycles. The Balaban J connectivity index is 1.48. The van der Waals surface area contributed by atoms with E-state index in [1.165, 1.54) is 37.5 Å². The molecule has 1 aromatic heterocycles. The Morgan fingerprint density at radius 1 is 1.03 bits per heavy atom. The summed E-state index contributed by atoms with van der Waals surface area (Å²) in [6.07, 6.45) is 3.62. The third-order valence-electron chi connectivity index (χ3n) is 5.40. The smallest absolute Gasteiger partial charge is 0.272 e. The van der Waals surface area contributed by atoms with Gasteiger partial charge in [-0.25, -0.2) is 0 Å². The standard InChI is InChI=1S/C23H23N5O3/c1-16-14-18(8-10-21(16)28(30)31)23(29)24-19-7-5-6-17(15-19)20-9-11-22(26-25-20)27-12-3-2-4-13-27/h5-11,14-15H,2-4,12-13H2,1H3,(H,24,29). The Morgan fingerprint density at radius 2 is 1.84 bits per heavy atom. The topological polar surface area (TPSA) is 101 Å². The number of aryl methyl sites for hydroxylation is 1. The van der Waals surface area contributed by atoms with E-state index in [1.54, 1.807) is 13.0 Å². The van der Waals surface area contributed by atoms with Crippen molar-refractivity contribution in [1.29, 1.82) is 0 Å². The van der Waals surface area contributed by atoms with Crippen LogP contribution < -0.4 is 10.2 Å². The molecule has 0 atom stereocenters. The van der Waals surface area contributed by atoms with Gasteiger partial charge in [0, 0.05) is 41.5 Å². The van der Waals surface area contributed by atoms with Gasteiger partial charge in [0.2, 0.25) is 0 Å². The number of hydrogen-bond donors (Lipinski definition) is 1. The van der Waals surface area contributed by atoms with Gasteiger partial charge in [-0.15, -0.1) is 10.2 Å². The van der Waals surface area contributed by atoms with Gasteiger partial charge in [0.25, 0.3) is 11.6 Å². The highest BCUT2D eigenvalue weighted by atomic mass is 16.6. The Morgan fingerprint density at radius 3 is 2.52 bits per heavy atom. The number of rotatable bonds is 5. The zero-order valence-electron chi connectivity index (χ0n) is 17.2. The molecule has 1 amide bonds. The minimum absolute atomic E-state index is 0.00915. The van der Waals surface area contributed by atoms with Crippen molar-refractivity contribution in [2.45, 2.75) is 26.2 Å². The summed E-state index contributed by atoms with van der Waals surface area (Å²) in [4.78, 5) is 25.4. The Kier molecular flexibility index (Phi) is 5.88. The van der Waals surface area contributed by atoms with Crippen LogP contribution in [0.3, 0.4) is 0 Å². The number of nitrogens with one attached hydrogen (secondary N) is 1. The maximum Gasteiger partial charge on any atom is 0.272 e. The first-order valence-electron chi connectivity index (χ1n) is 10.3. The van der Waals surface area contributed by atoms with Gasteiger partial charge in [-0.2, -0.15) is 0 Å². The van der Waals surface area contributed by atoms with Crippen LogP contribution in [0.25, 0.3) is 11.3 Å². The molecule has 0 spiro atoms. The molecule has 2 aromatic carbocycles. The molecule has 8 nitrogen and oxygen atoms in total. The largest absolute Gasteiger partial charge is 0.355 e. The summed E-state index contributed by atoms with van der Waals surface area (Å²) >= 11 is 0. The van der Waals surface area contributed by atoms with E-state index in [1.807, 2.05) is 30.3 Å². The summed E-state index contributed by atoms with van der Waals surface area (Å²) in [6.45, 7) is 3.64. The fourth-order valence-electron chi connectivity index (χ4n) is 3.73. The van der Waals surface area contributed by atoms with Gasteiger partial charge in [0.05, 0.1) is 10.6 Å². The monoisotopic (exact) mass is 417 g/mol. The summed E-state index contributed by atoms with van der Waals surface area (Å²) in [5.41, 5.74) is 2.97. The molecule has 1 N–H and O–H groups in total. The van der Waals surface area contributed by atoms with Gasteiger partial charge in [-0.05, 0) is 62.6 Å². The van der Waals surface area contributed by atoms with Crippen LogP contribution in [0.1, 0.15) is 35.2 Å². The molecular weight excluding hydrogens is 394 g/mol. The normalized spacial score (nSPS) is 13.6. The molecular formula is C23H23N5O3. The summed E-state index contributed by atoms with van der Waals surface area (Å²) in [5, 5.41) is 22.6. The molecule has 158 valence electrons. The number of carbonyl (C=O) groups excluding carboxylic acids is 1. The van der Waals surface area contributed by atoms with Crippen molar-refractivity contribution in [1.82, 2.24) is 10.2 Å². The van der Waals surface area contributed by atoms with E-state index in [0.29, 0.717) is 16.8 Å². The molecule has 2 heterocycles. The summed E-state index contributed by atoms with van der Waals surface area (Å²) in [6, 6.07) is 15.6. The maximum atomic E-state index is 12.6. The number of piperidine rings is 1. The molecule has 0 bridgehead atoms. The van der Waals surface area contributed by atoms with Crippen molar-refractivity contribution in [2.24, 2.45) is 0 Å². The summed E-state index contributed by atoms with van der Waals surface area (Å²) < 4.78 is 0. The Bertz CT molecular complexity index is 1110. The van der Waals surface area contributed by atoms with E-state index in [2.05, 4.69) is 20.4 Å². The molecule has 0 radical (unpaired) electrons. The Labute approximate surface area is 180 Å². The van der Waals surface area contributed by atoms with Crippen molar-refractivity contribution < 1.29 is 9.72 Å². The van der Waals surface area contributed by atoms with Crippen molar-refractivity contribution >= 4 is 23.1 Å². The number of hydrogen-bond acceptors (Lipinski definition) is 6. The predicted octanol–water partition coefficient (Wildman–Crippen LogP) is 4.60. The van der Waals surface area contributed by atoms with Crippen LogP contribution in [-0.2, 0) is 0 Å². The first kappa shape index (κ1) is 20.5. The Hall–Kier alpha value is -3.81. The second-order valence-electron chi connectivity index (χ2n) is 7.62.